The van der Waals surface area contributed by atoms with E-state index < -0.39 is 12.6 Å². The summed E-state index contributed by atoms with van der Waals surface area (Å²) in [5, 5.41) is 15.0. The Bertz CT molecular complexity index is 249. The molecule has 3 rings (SSSR count). The van der Waals surface area contributed by atoms with E-state index in [4.69, 9.17) is 15.0 Å². The molecule has 3 saturated carbocycles. The molecule has 0 aromatic heterocycles. The summed E-state index contributed by atoms with van der Waals surface area (Å²) < 4.78 is 0. The molecule has 0 unspecified atom stereocenters. The van der Waals surface area contributed by atoms with E-state index in [1.165, 1.54) is 193 Å². The molecule has 3 aliphatic carbocycles. The topological polar surface area (TPSA) is 57.5 Å². The highest BCUT2D eigenvalue weighted by Crippen LogP contribution is 2.17. The number of hydrogen-bond donors (Lipinski definition) is 2. The SMILES string of the molecule is C1CCCCCCCCC1.C1CCCCCCCCC1.C1CCCCCCCCC1.O=C(O)CO. The van der Waals surface area contributed by atoms with E-state index in [2.05, 4.69) is 0 Å². The third kappa shape index (κ3) is 33.4. The Morgan fingerprint density at radius 1 is 0.314 bits per heavy atom. The van der Waals surface area contributed by atoms with Gasteiger partial charge in [-0.15, -0.1) is 0 Å². The molecular weight excluding hydrogens is 432 g/mol. The summed E-state index contributed by atoms with van der Waals surface area (Å²) in [5.41, 5.74) is 0. The summed E-state index contributed by atoms with van der Waals surface area (Å²) >= 11 is 0. The highest BCUT2D eigenvalue weighted by Gasteiger charge is 1.97. The van der Waals surface area contributed by atoms with Crippen molar-refractivity contribution in [1.82, 2.24) is 0 Å². The molecule has 0 bridgehead atoms. The van der Waals surface area contributed by atoms with Gasteiger partial charge in [-0.3, -0.25) is 0 Å². The molecule has 210 valence electrons. The predicted octanol–water partition coefficient (Wildman–Crippen LogP) is 10.8. The van der Waals surface area contributed by atoms with Crippen molar-refractivity contribution in [3.63, 3.8) is 0 Å². The Balaban J connectivity index is 0.000000453. The molecule has 3 heteroatoms. The quantitative estimate of drug-likeness (QED) is 0.379. The lowest BCUT2D eigenvalue weighted by atomic mass is 10.0. The average Bonchev–Trinajstić information content (AvgIpc) is 2.91. The minimum absolute atomic E-state index is 0.778. The number of aliphatic hydroxyl groups is 1. The van der Waals surface area contributed by atoms with Gasteiger partial charge < -0.3 is 10.2 Å². The van der Waals surface area contributed by atoms with E-state index >= 15 is 0 Å². The van der Waals surface area contributed by atoms with Crippen molar-refractivity contribution in [2.45, 2.75) is 193 Å². The van der Waals surface area contributed by atoms with E-state index in [-0.39, 0.29) is 0 Å². The second kappa shape index (κ2) is 31.5. The molecule has 0 atom stereocenters. The van der Waals surface area contributed by atoms with Gasteiger partial charge in [0.15, 0.2) is 0 Å². The van der Waals surface area contributed by atoms with Crippen LogP contribution in [0.25, 0.3) is 0 Å². The Morgan fingerprint density at radius 3 is 0.400 bits per heavy atom. The third-order valence-corrected chi connectivity index (χ3v) is 7.64. The zero-order valence-corrected chi connectivity index (χ0v) is 23.7. The molecule has 35 heavy (non-hydrogen) atoms. The monoisotopic (exact) mass is 496 g/mol. The lowest BCUT2D eigenvalue weighted by Crippen LogP contribution is -1.98. The van der Waals surface area contributed by atoms with Gasteiger partial charge >= 0.3 is 5.97 Å². The first-order valence-electron chi connectivity index (χ1n) is 16.1. The van der Waals surface area contributed by atoms with E-state index in [1.54, 1.807) is 0 Å². The van der Waals surface area contributed by atoms with Crippen LogP contribution in [0.2, 0.25) is 0 Å². The third-order valence-electron chi connectivity index (χ3n) is 7.64. The first-order chi connectivity index (χ1) is 17.3. The summed E-state index contributed by atoms with van der Waals surface area (Å²) in [7, 11) is 0. The number of carbonyl (C=O) groups is 1. The molecule has 0 aliphatic heterocycles. The molecule has 0 aromatic carbocycles. The predicted molar refractivity (Wildman–Crippen MR) is 153 cm³/mol. The van der Waals surface area contributed by atoms with Crippen LogP contribution in [-0.2, 0) is 4.79 Å². The van der Waals surface area contributed by atoms with Crippen LogP contribution in [-0.4, -0.2) is 22.8 Å². The van der Waals surface area contributed by atoms with Crippen molar-refractivity contribution < 1.29 is 15.0 Å². The van der Waals surface area contributed by atoms with Crippen LogP contribution in [0.5, 0.6) is 0 Å². The normalized spacial score (nSPS) is 21.6. The van der Waals surface area contributed by atoms with Gasteiger partial charge in [0.1, 0.15) is 6.61 Å². The van der Waals surface area contributed by atoms with Crippen molar-refractivity contribution in [3.8, 4) is 0 Å². The second-order valence-electron chi connectivity index (χ2n) is 11.2. The van der Waals surface area contributed by atoms with Crippen LogP contribution >= 0.6 is 0 Å². The average molecular weight is 497 g/mol. The zero-order valence-electron chi connectivity index (χ0n) is 23.7. The van der Waals surface area contributed by atoms with Crippen molar-refractivity contribution >= 4 is 5.97 Å². The van der Waals surface area contributed by atoms with Crippen LogP contribution < -0.4 is 0 Å². The van der Waals surface area contributed by atoms with Crippen LogP contribution in [0.1, 0.15) is 193 Å². The Morgan fingerprint density at radius 2 is 0.371 bits per heavy atom. The molecule has 0 saturated heterocycles. The van der Waals surface area contributed by atoms with Gasteiger partial charge in [0, 0.05) is 0 Å². The summed E-state index contributed by atoms with van der Waals surface area (Å²) in [6, 6.07) is 0. The molecule has 3 fully saturated rings. The Labute approximate surface area is 220 Å². The maximum absolute atomic E-state index is 9.12. The van der Waals surface area contributed by atoms with Gasteiger partial charge in [-0.05, 0) is 0 Å². The van der Waals surface area contributed by atoms with Gasteiger partial charge in [0.25, 0.3) is 0 Å². The molecule has 0 spiro atoms. The minimum atomic E-state index is -1.19. The van der Waals surface area contributed by atoms with E-state index in [0.29, 0.717) is 0 Å². The second-order valence-corrected chi connectivity index (χ2v) is 11.2. The fourth-order valence-corrected chi connectivity index (χ4v) is 5.30. The van der Waals surface area contributed by atoms with Crippen LogP contribution in [0, 0.1) is 0 Å². The maximum atomic E-state index is 9.12. The van der Waals surface area contributed by atoms with Crippen molar-refractivity contribution in [1.29, 1.82) is 0 Å². The molecule has 0 amide bonds. The molecule has 2 N–H and O–H groups in total. The molecule has 0 radical (unpaired) electrons. The molecular formula is C32H64O3. The number of rotatable bonds is 1. The molecule has 0 aromatic rings. The number of hydrogen-bond acceptors (Lipinski definition) is 2. The first-order valence-corrected chi connectivity index (χ1v) is 16.1. The minimum Gasteiger partial charge on any atom is -0.480 e. The summed E-state index contributed by atoms with van der Waals surface area (Å²) in [6.07, 6.45) is 45.0. The standard InChI is InChI=1S/3C10H20.C2H4O3/c3*1-2-4-6-8-10-9-7-5-3-1;3-1-2(4)5/h3*1-10H2;3H,1H2,(H,4,5). The first kappa shape index (κ1) is 34.4. The van der Waals surface area contributed by atoms with E-state index in [0.717, 1.165) is 0 Å². The summed E-state index contributed by atoms with van der Waals surface area (Å²) in [6.45, 7) is -0.778. The van der Waals surface area contributed by atoms with E-state index in [9.17, 15) is 0 Å². The fraction of sp³-hybridized carbons (Fsp3) is 0.969. The molecule has 0 heterocycles. The Kier molecular flexibility index (Phi) is 30.9. The van der Waals surface area contributed by atoms with Gasteiger partial charge in [-0.1, -0.05) is 193 Å². The van der Waals surface area contributed by atoms with Crippen molar-refractivity contribution in [2.24, 2.45) is 0 Å². The van der Waals surface area contributed by atoms with Gasteiger partial charge in [0.2, 0.25) is 0 Å². The Hall–Kier alpha value is -0.570. The molecule has 3 nitrogen and oxygen atoms in total. The number of aliphatic carboxylic acids is 1. The van der Waals surface area contributed by atoms with Crippen LogP contribution in [0.15, 0.2) is 0 Å². The van der Waals surface area contributed by atoms with Crippen LogP contribution in [0.3, 0.4) is 0 Å². The van der Waals surface area contributed by atoms with Crippen molar-refractivity contribution in [3.05, 3.63) is 0 Å². The lowest BCUT2D eigenvalue weighted by Gasteiger charge is -2.05. The highest BCUT2D eigenvalue weighted by molar-refractivity contribution is 5.67. The maximum Gasteiger partial charge on any atom is 0.329 e. The largest absolute Gasteiger partial charge is 0.480 e. The number of aliphatic hydroxyl groups excluding tert-OH is 1. The molecule has 3 aliphatic rings. The van der Waals surface area contributed by atoms with Gasteiger partial charge in [0.05, 0.1) is 0 Å². The fourth-order valence-electron chi connectivity index (χ4n) is 5.30. The summed E-state index contributed by atoms with van der Waals surface area (Å²) in [5.74, 6) is -1.19. The van der Waals surface area contributed by atoms with Gasteiger partial charge in [-0.25, -0.2) is 4.79 Å². The highest BCUT2D eigenvalue weighted by atomic mass is 16.4. The van der Waals surface area contributed by atoms with Crippen molar-refractivity contribution in [2.75, 3.05) is 6.61 Å². The zero-order chi connectivity index (χ0) is 25.5. The lowest BCUT2D eigenvalue weighted by molar-refractivity contribution is -0.140. The smallest absolute Gasteiger partial charge is 0.329 e. The summed E-state index contributed by atoms with van der Waals surface area (Å²) in [4.78, 5) is 9.12. The van der Waals surface area contributed by atoms with E-state index in [1.807, 2.05) is 0 Å². The number of carboxylic acids is 1. The van der Waals surface area contributed by atoms with Gasteiger partial charge in [-0.2, -0.15) is 0 Å². The number of carboxylic acid groups (broad SMARTS) is 1. The van der Waals surface area contributed by atoms with Crippen LogP contribution in [0.4, 0.5) is 0 Å².